The van der Waals surface area contributed by atoms with E-state index in [2.05, 4.69) is 20.8 Å². The van der Waals surface area contributed by atoms with Gasteiger partial charge in [-0.15, -0.1) is 5.10 Å². The van der Waals surface area contributed by atoms with Crippen LogP contribution in [0.25, 0.3) is 5.69 Å². The Hall–Kier alpha value is -3.38. The first-order valence-corrected chi connectivity index (χ1v) is 9.13. The number of nitrogens with zero attached hydrogens (tertiary/aromatic N) is 5. The van der Waals surface area contributed by atoms with Gasteiger partial charge in [-0.25, -0.2) is 0 Å². The number of carbonyl (C=O) groups excluding carboxylic acids is 1. The summed E-state index contributed by atoms with van der Waals surface area (Å²) in [6, 6.07) is 16.2. The highest BCUT2D eigenvalue weighted by Crippen LogP contribution is 2.26. The maximum absolute atomic E-state index is 12.2. The SMILES string of the molecule is CCOc1ccccc1-n1nnnc1SCC(=O)Nc1cccc(C#N)c1. The van der Waals surface area contributed by atoms with Gasteiger partial charge in [0.25, 0.3) is 0 Å². The van der Waals surface area contributed by atoms with Crippen molar-refractivity contribution >= 4 is 23.4 Å². The molecule has 0 radical (unpaired) electrons. The summed E-state index contributed by atoms with van der Waals surface area (Å²) in [4.78, 5) is 12.2. The summed E-state index contributed by atoms with van der Waals surface area (Å²) in [5.41, 5.74) is 1.76. The average Bonchev–Trinajstić information content (AvgIpc) is 3.15. The molecular formula is C18H16N6O2S. The molecule has 0 fully saturated rings. The molecule has 0 unspecified atom stereocenters. The van der Waals surface area contributed by atoms with Crippen LogP contribution in [0.3, 0.4) is 0 Å². The highest BCUT2D eigenvalue weighted by atomic mass is 32.2. The van der Waals surface area contributed by atoms with E-state index in [-0.39, 0.29) is 11.7 Å². The third-order valence-electron chi connectivity index (χ3n) is 3.44. The van der Waals surface area contributed by atoms with Crippen molar-refractivity contribution in [1.82, 2.24) is 20.2 Å². The molecule has 9 heteroatoms. The monoisotopic (exact) mass is 380 g/mol. The summed E-state index contributed by atoms with van der Waals surface area (Å²) in [5, 5.41) is 23.8. The molecule has 136 valence electrons. The Labute approximate surface area is 160 Å². The van der Waals surface area contributed by atoms with Gasteiger partial charge in [-0.05, 0) is 47.7 Å². The minimum atomic E-state index is -0.220. The van der Waals surface area contributed by atoms with Gasteiger partial charge in [0.1, 0.15) is 11.4 Å². The lowest BCUT2D eigenvalue weighted by atomic mass is 10.2. The Morgan fingerprint density at radius 1 is 1.30 bits per heavy atom. The maximum atomic E-state index is 12.2. The lowest BCUT2D eigenvalue weighted by Crippen LogP contribution is -2.14. The number of aromatic nitrogens is 4. The fourth-order valence-electron chi connectivity index (χ4n) is 2.32. The van der Waals surface area contributed by atoms with Gasteiger partial charge in [0, 0.05) is 5.69 Å². The second-order valence-corrected chi connectivity index (χ2v) is 6.25. The van der Waals surface area contributed by atoms with Crippen LogP contribution in [-0.2, 0) is 4.79 Å². The van der Waals surface area contributed by atoms with Gasteiger partial charge < -0.3 is 10.1 Å². The Bertz CT molecular complexity index is 982. The van der Waals surface area contributed by atoms with Gasteiger partial charge in [0.15, 0.2) is 0 Å². The molecule has 27 heavy (non-hydrogen) atoms. The van der Waals surface area contributed by atoms with Gasteiger partial charge in [-0.2, -0.15) is 9.94 Å². The number of benzene rings is 2. The van der Waals surface area contributed by atoms with E-state index >= 15 is 0 Å². The van der Waals surface area contributed by atoms with E-state index in [1.165, 1.54) is 11.8 Å². The van der Waals surface area contributed by atoms with E-state index in [0.29, 0.717) is 34.5 Å². The molecule has 0 aliphatic rings. The van der Waals surface area contributed by atoms with Gasteiger partial charge in [0.2, 0.25) is 11.1 Å². The maximum Gasteiger partial charge on any atom is 0.234 e. The number of hydrogen-bond acceptors (Lipinski definition) is 7. The van der Waals surface area contributed by atoms with Crippen LogP contribution in [-0.4, -0.2) is 38.5 Å². The summed E-state index contributed by atoms with van der Waals surface area (Å²) in [7, 11) is 0. The predicted octanol–water partition coefficient (Wildman–Crippen LogP) is 2.66. The largest absolute Gasteiger partial charge is 0.492 e. The lowest BCUT2D eigenvalue weighted by Gasteiger charge is -2.10. The topological polar surface area (TPSA) is 106 Å². The fourth-order valence-corrected chi connectivity index (χ4v) is 3.01. The van der Waals surface area contributed by atoms with E-state index in [0.717, 1.165) is 0 Å². The normalized spacial score (nSPS) is 10.2. The van der Waals surface area contributed by atoms with E-state index in [1.54, 1.807) is 28.9 Å². The summed E-state index contributed by atoms with van der Waals surface area (Å²) in [5.74, 6) is 0.558. The Kier molecular flexibility index (Phi) is 6.02. The van der Waals surface area contributed by atoms with E-state index < -0.39 is 0 Å². The molecular weight excluding hydrogens is 364 g/mol. The minimum absolute atomic E-state index is 0.119. The highest BCUT2D eigenvalue weighted by molar-refractivity contribution is 7.99. The standard InChI is InChI=1S/C18H16N6O2S/c1-2-26-16-9-4-3-8-15(16)24-18(21-22-23-24)27-12-17(25)20-14-7-5-6-13(10-14)11-19/h3-10H,2,12H2,1H3,(H,20,25). The number of tetrazole rings is 1. The van der Waals surface area contributed by atoms with Crippen LogP contribution in [0.5, 0.6) is 5.75 Å². The van der Waals surface area contributed by atoms with Crippen molar-refractivity contribution < 1.29 is 9.53 Å². The Morgan fingerprint density at radius 2 is 2.15 bits per heavy atom. The molecule has 0 saturated carbocycles. The van der Waals surface area contributed by atoms with Gasteiger partial charge >= 0.3 is 0 Å². The van der Waals surface area contributed by atoms with E-state index in [9.17, 15) is 4.79 Å². The van der Waals surface area contributed by atoms with Crippen molar-refractivity contribution in [3.05, 3.63) is 54.1 Å². The van der Waals surface area contributed by atoms with Crippen LogP contribution in [0, 0.1) is 11.3 Å². The van der Waals surface area contributed by atoms with Gasteiger partial charge in [-0.1, -0.05) is 30.0 Å². The van der Waals surface area contributed by atoms with Crippen LogP contribution in [0.4, 0.5) is 5.69 Å². The zero-order valence-electron chi connectivity index (χ0n) is 14.5. The first-order valence-electron chi connectivity index (χ1n) is 8.14. The highest BCUT2D eigenvalue weighted by Gasteiger charge is 2.15. The lowest BCUT2D eigenvalue weighted by molar-refractivity contribution is -0.113. The Morgan fingerprint density at radius 3 is 2.96 bits per heavy atom. The zero-order chi connectivity index (χ0) is 19.1. The molecule has 0 bridgehead atoms. The summed E-state index contributed by atoms with van der Waals surface area (Å²) in [6.45, 7) is 2.42. The molecule has 3 aromatic rings. The molecule has 1 aromatic heterocycles. The average molecular weight is 380 g/mol. The smallest absolute Gasteiger partial charge is 0.234 e. The third-order valence-corrected chi connectivity index (χ3v) is 4.36. The fraction of sp³-hybridized carbons (Fsp3) is 0.167. The first-order chi connectivity index (χ1) is 13.2. The Balaban J connectivity index is 1.69. The van der Waals surface area contributed by atoms with Crippen LogP contribution in [0.2, 0.25) is 0 Å². The number of rotatable bonds is 7. The molecule has 8 nitrogen and oxygen atoms in total. The molecule has 0 aliphatic heterocycles. The molecule has 1 amide bonds. The van der Waals surface area contributed by atoms with Crippen molar-refractivity contribution in [1.29, 1.82) is 5.26 Å². The quantitative estimate of drug-likeness (QED) is 0.628. The van der Waals surface area contributed by atoms with Crippen molar-refractivity contribution in [3.63, 3.8) is 0 Å². The predicted molar refractivity (Wildman–Crippen MR) is 101 cm³/mol. The van der Waals surface area contributed by atoms with Crippen molar-refractivity contribution in [3.8, 4) is 17.5 Å². The molecule has 3 rings (SSSR count). The van der Waals surface area contributed by atoms with E-state index in [4.69, 9.17) is 10.00 Å². The molecule has 0 atom stereocenters. The number of nitrogens with one attached hydrogen (secondary N) is 1. The summed E-state index contributed by atoms with van der Waals surface area (Å²) in [6.07, 6.45) is 0. The molecule has 0 saturated heterocycles. The number of para-hydroxylation sites is 2. The second kappa shape index (κ2) is 8.82. The van der Waals surface area contributed by atoms with Crippen molar-refractivity contribution in [2.24, 2.45) is 0 Å². The van der Waals surface area contributed by atoms with Gasteiger partial charge in [0.05, 0.1) is 24.0 Å². The van der Waals surface area contributed by atoms with Gasteiger partial charge in [-0.3, -0.25) is 4.79 Å². The van der Waals surface area contributed by atoms with E-state index in [1.807, 2.05) is 37.3 Å². The number of thioether (sulfide) groups is 1. The zero-order valence-corrected chi connectivity index (χ0v) is 15.3. The first kappa shape index (κ1) is 18.4. The number of amides is 1. The van der Waals surface area contributed by atoms with Crippen LogP contribution in [0.1, 0.15) is 12.5 Å². The molecule has 2 aromatic carbocycles. The molecule has 0 aliphatic carbocycles. The van der Waals surface area contributed by atoms with Crippen LogP contribution in [0.15, 0.2) is 53.7 Å². The molecule has 1 N–H and O–H groups in total. The number of hydrogen-bond donors (Lipinski definition) is 1. The number of nitriles is 1. The third kappa shape index (κ3) is 4.62. The number of carbonyl (C=O) groups is 1. The van der Waals surface area contributed by atoms with Crippen LogP contribution >= 0.6 is 11.8 Å². The number of ether oxygens (including phenoxy) is 1. The van der Waals surface area contributed by atoms with Crippen molar-refractivity contribution in [2.75, 3.05) is 17.7 Å². The second-order valence-electron chi connectivity index (χ2n) is 5.30. The summed E-state index contributed by atoms with van der Waals surface area (Å²) < 4.78 is 7.15. The van der Waals surface area contributed by atoms with Crippen molar-refractivity contribution in [2.45, 2.75) is 12.1 Å². The van der Waals surface area contributed by atoms with Crippen LogP contribution < -0.4 is 10.1 Å². The molecule has 0 spiro atoms. The number of anilines is 1. The molecule has 1 heterocycles. The minimum Gasteiger partial charge on any atom is -0.492 e. The summed E-state index contributed by atoms with van der Waals surface area (Å²) >= 11 is 1.21.